The number of aryl methyl sites for hydroxylation is 2. The summed E-state index contributed by atoms with van der Waals surface area (Å²) in [6, 6.07) is 5.23. The third-order valence-corrected chi connectivity index (χ3v) is 2.77. The number of anilines is 3. The number of amides is 1. The highest BCUT2D eigenvalue weighted by atomic mass is 16.2. The molecule has 0 saturated carbocycles. The maximum Gasteiger partial charge on any atom is 0.229 e. The second-order valence-electron chi connectivity index (χ2n) is 4.41. The fraction of sp³-hybridized carbons (Fsp3) is 0.214. The van der Waals surface area contributed by atoms with E-state index in [0.717, 1.165) is 16.9 Å². The first-order valence-electron chi connectivity index (χ1n) is 5.94. The molecule has 2 rings (SSSR count). The van der Waals surface area contributed by atoms with Gasteiger partial charge in [0.2, 0.25) is 5.91 Å². The van der Waals surface area contributed by atoms with Crippen molar-refractivity contribution in [3.8, 4) is 0 Å². The number of carbonyl (C=O) groups is 1. The number of hydrogen-bond donors (Lipinski definition) is 1. The molecule has 5 nitrogen and oxygen atoms in total. The normalized spacial score (nSPS) is 10.3. The van der Waals surface area contributed by atoms with Crippen LogP contribution in [0.2, 0.25) is 0 Å². The molecule has 0 fully saturated rings. The van der Waals surface area contributed by atoms with Crippen molar-refractivity contribution >= 4 is 23.1 Å². The summed E-state index contributed by atoms with van der Waals surface area (Å²) >= 11 is 0. The molecule has 0 unspecified atom stereocenters. The van der Waals surface area contributed by atoms with Gasteiger partial charge < -0.3 is 5.73 Å². The standard InChI is InChI=1S/C14H16N4O/c1-9-8-17-10(2)6-13(9)18(11(3)19)14-7-12(15)4-5-16-14/h4-8H,1-3H3,(H2,15,16). The fourth-order valence-corrected chi connectivity index (χ4v) is 1.87. The van der Waals surface area contributed by atoms with Crippen LogP contribution in [-0.4, -0.2) is 15.9 Å². The van der Waals surface area contributed by atoms with Crippen LogP contribution in [0.25, 0.3) is 0 Å². The number of nitrogens with two attached hydrogens (primary N) is 1. The first-order chi connectivity index (χ1) is 8.99. The van der Waals surface area contributed by atoms with Crippen molar-refractivity contribution in [1.82, 2.24) is 9.97 Å². The monoisotopic (exact) mass is 256 g/mol. The lowest BCUT2D eigenvalue weighted by atomic mass is 10.2. The maximum atomic E-state index is 11.9. The zero-order valence-corrected chi connectivity index (χ0v) is 11.2. The summed E-state index contributed by atoms with van der Waals surface area (Å²) < 4.78 is 0. The topological polar surface area (TPSA) is 72.1 Å². The summed E-state index contributed by atoms with van der Waals surface area (Å²) in [7, 11) is 0. The highest BCUT2D eigenvalue weighted by Gasteiger charge is 2.18. The number of hydrogen-bond acceptors (Lipinski definition) is 4. The molecule has 0 aliphatic heterocycles. The number of rotatable bonds is 2. The second-order valence-corrected chi connectivity index (χ2v) is 4.41. The van der Waals surface area contributed by atoms with Gasteiger partial charge in [0.1, 0.15) is 5.82 Å². The van der Waals surface area contributed by atoms with Crippen LogP contribution in [0.3, 0.4) is 0 Å². The number of aromatic nitrogens is 2. The molecule has 0 atom stereocenters. The van der Waals surface area contributed by atoms with Crippen molar-refractivity contribution in [2.45, 2.75) is 20.8 Å². The van der Waals surface area contributed by atoms with Crippen molar-refractivity contribution in [3.05, 3.63) is 41.9 Å². The van der Waals surface area contributed by atoms with Gasteiger partial charge in [0.05, 0.1) is 5.69 Å². The molecule has 19 heavy (non-hydrogen) atoms. The van der Waals surface area contributed by atoms with Crippen molar-refractivity contribution < 1.29 is 4.79 Å². The zero-order valence-electron chi connectivity index (χ0n) is 11.2. The molecule has 2 N–H and O–H groups in total. The van der Waals surface area contributed by atoms with Crippen LogP contribution >= 0.6 is 0 Å². The molecule has 0 spiro atoms. The minimum Gasteiger partial charge on any atom is -0.399 e. The zero-order chi connectivity index (χ0) is 14.0. The van der Waals surface area contributed by atoms with Gasteiger partial charge in [0.25, 0.3) is 0 Å². The third kappa shape index (κ3) is 2.70. The molecule has 2 aromatic heterocycles. The van der Waals surface area contributed by atoms with E-state index in [4.69, 9.17) is 5.73 Å². The van der Waals surface area contributed by atoms with Crippen molar-refractivity contribution in [2.24, 2.45) is 0 Å². The molecule has 2 heterocycles. The van der Waals surface area contributed by atoms with E-state index in [1.165, 1.54) is 6.92 Å². The number of nitrogen functional groups attached to an aromatic ring is 1. The first-order valence-corrected chi connectivity index (χ1v) is 5.94. The summed E-state index contributed by atoms with van der Waals surface area (Å²) in [6.45, 7) is 5.29. The lowest BCUT2D eigenvalue weighted by Crippen LogP contribution is -2.24. The molecule has 98 valence electrons. The van der Waals surface area contributed by atoms with E-state index in [1.54, 1.807) is 29.4 Å². The van der Waals surface area contributed by atoms with E-state index in [0.29, 0.717) is 11.5 Å². The lowest BCUT2D eigenvalue weighted by molar-refractivity contribution is -0.115. The van der Waals surface area contributed by atoms with Gasteiger partial charge in [-0.15, -0.1) is 0 Å². The quantitative estimate of drug-likeness (QED) is 0.895. The molecule has 1 amide bonds. The van der Waals surface area contributed by atoms with Gasteiger partial charge in [0.15, 0.2) is 0 Å². The molecule has 0 aliphatic rings. The SMILES string of the molecule is CC(=O)N(c1cc(N)ccn1)c1cc(C)ncc1C. The molecule has 0 radical (unpaired) electrons. The van der Waals surface area contributed by atoms with Crippen LogP contribution in [0, 0.1) is 13.8 Å². The Balaban J connectivity index is 2.58. The van der Waals surface area contributed by atoms with Crippen LogP contribution < -0.4 is 10.6 Å². The van der Waals surface area contributed by atoms with Crippen LogP contribution in [0.1, 0.15) is 18.2 Å². The summed E-state index contributed by atoms with van der Waals surface area (Å²) in [4.78, 5) is 21.9. The predicted octanol–water partition coefficient (Wildman–Crippen LogP) is 2.36. The van der Waals surface area contributed by atoms with Gasteiger partial charge in [-0.05, 0) is 31.5 Å². The Morgan fingerprint density at radius 1 is 1.26 bits per heavy atom. The summed E-state index contributed by atoms with van der Waals surface area (Å²) in [5, 5.41) is 0. The first kappa shape index (κ1) is 13.0. The summed E-state index contributed by atoms with van der Waals surface area (Å²) in [5.74, 6) is 0.396. The smallest absolute Gasteiger partial charge is 0.229 e. The summed E-state index contributed by atoms with van der Waals surface area (Å²) in [6.07, 6.45) is 3.33. The van der Waals surface area contributed by atoms with Crippen LogP contribution in [-0.2, 0) is 4.79 Å². The molecular weight excluding hydrogens is 240 g/mol. The third-order valence-electron chi connectivity index (χ3n) is 2.77. The van der Waals surface area contributed by atoms with Crippen molar-refractivity contribution in [2.75, 3.05) is 10.6 Å². The van der Waals surface area contributed by atoms with E-state index in [1.807, 2.05) is 19.9 Å². The molecule has 5 heteroatoms. The minimum atomic E-state index is -0.119. The molecule has 0 aliphatic carbocycles. The fourth-order valence-electron chi connectivity index (χ4n) is 1.87. The van der Waals surface area contributed by atoms with Gasteiger partial charge in [-0.1, -0.05) is 0 Å². The minimum absolute atomic E-state index is 0.119. The van der Waals surface area contributed by atoms with Gasteiger partial charge in [-0.2, -0.15) is 0 Å². The van der Waals surface area contributed by atoms with E-state index < -0.39 is 0 Å². The summed E-state index contributed by atoms with van der Waals surface area (Å²) in [5.41, 5.74) is 8.85. The van der Waals surface area contributed by atoms with E-state index in [2.05, 4.69) is 9.97 Å². The Morgan fingerprint density at radius 3 is 2.63 bits per heavy atom. The van der Waals surface area contributed by atoms with Crippen LogP contribution in [0.4, 0.5) is 17.2 Å². The predicted molar refractivity (Wildman–Crippen MR) is 75.2 cm³/mol. The Labute approximate surface area is 112 Å². The van der Waals surface area contributed by atoms with E-state index >= 15 is 0 Å². The maximum absolute atomic E-state index is 11.9. The molecule has 0 aromatic carbocycles. The van der Waals surface area contributed by atoms with Gasteiger partial charge in [-0.3, -0.25) is 14.7 Å². The number of pyridine rings is 2. The van der Waals surface area contributed by atoms with Crippen LogP contribution in [0.15, 0.2) is 30.6 Å². The van der Waals surface area contributed by atoms with E-state index in [-0.39, 0.29) is 5.91 Å². The molecule has 0 bridgehead atoms. The molecular formula is C14H16N4O. The van der Waals surface area contributed by atoms with Gasteiger partial charge in [-0.25, -0.2) is 4.98 Å². The Hall–Kier alpha value is -2.43. The highest BCUT2D eigenvalue weighted by Crippen LogP contribution is 2.28. The molecule has 0 saturated heterocycles. The van der Waals surface area contributed by atoms with Gasteiger partial charge in [0, 0.05) is 36.8 Å². The largest absolute Gasteiger partial charge is 0.399 e. The lowest BCUT2D eigenvalue weighted by Gasteiger charge is -2.22. The van der Waals surface area contributed by atoms with Crippen LogP contribution in [0.5, 0.6) is 0 Å². The second kappa shape index (κ2) is 5.06. The highest BCUT2D eigenvalue weighted by molar-refractivity contribution is 5.99. The van der Waals surface area contributed by atoms with Crippen molar-refractivity contribution in [3.63, 3.8) is 0 Å². The Bertz CT molecular complexity index is 625. The number of nitrogens with zero attached hydrogens (tertiary/aromatic N) is 3. The Morgan fingerprint density at radius 2 is 2.00 bits per heavy atom. The average molecular weight is 256 g/mol. The van der Waals surface area contributed by atoms with Crippen molar-refractivity contribution in [1.29, 1.82) is 0 Å². The van der Waals surface area contributed by atoms with Gasteiger partial charge >= 0.3 is 0 Å². The Kier molecular flexibility index (Phi) is 3.46. The molecule has 2 aromatic rings. The van der Waals surface area contributed by atoms with E-state index in [9.17, 15) is 4.79 Å². The average Bonchev–Trinajstić information content (AvgIpc) is 2.33. The number of carbonyl (C=O) groups excluding carboxylic acids is 1.